The zero-order valence-electron chi connectivity index (χ0n) is 15.1. The van der Waals surface area contributed by atoms with Gasteiger partial charge in [-0.25, -0.2) is 4.98 Å². The Morgan fingerprint density at radius 1 is 1.17 bits per heavy atom. The van der Waals surface area contributed by atoms with Gasteiger partial charge in [0.25, 0.3) is 11.7 Å². The minimum Gasteiger partial charge on any atom is -0.319 e. The molecule has 4 rings (SSSR count). The van der Waals surface area contributed by atoms with Gasteiger partial charge in [-0.05, 0) is 35.6 Å². The number of fused-ring (bicyclic) bond motifs is 1. The molecule has 10 heteroatoms. The van der Waals surface area contributed by atoms with Gasteiger partial charge in [-0.2, -0.15) is 22.7 Å². The van der Waals surface area contributed by atoms with E-state index in [1.807, 2.05) is 19.1 Å². The molecule has 0 fully saturated rings. The average Bonchev–Trinajstić information content (AvgIpc) is 3.36. The zero-order chi connectivity index (χ0) is 20.6. The molecule has 0 unspecified atom stereocenters. The molecule has 3 heterocycles. The Morgan fingerprint density at radius 2 is 1.97 bits per heavy atom. The molecule has 29 heavy (non-hydrogen) atoms. The maximum Gasteiger partial charge on any atom is 0.433 e. The first-order valence-corrected chi connectivity index (χ1v) is 9.53. The molecule has 0 saturated carbocycles. The second-order valence-electron chi connectivity index (χ2n) is 6.11. The molecular weight excluding hydrogens is 403 g/mol. The van der Waals surface area contributed by atoms with Crippen molar-refractivity contribution in [2.45, 2.75) is 19.5 Å². The lowest BCUT2D eigenvalue weighted by Gasteiger charge is -2.09. The van der Waals surface area contributed by atoms with E-state index in [0.29, 0.717) is 21.5 Å². The largest absolute Gasteiger partial charge is 0.433 e. The number of thiophene rings is 1. The highest BCUT2D eigenvalue weighted by molar-refractivity contribution is 7.13. The third-order valence-electron chi connectivity index (χ3n) is 4.23. The standard InChI is InChI=1S/C19H14F3N5OS/c1-2-11-6-3-4-7-12(11)23-17(28)16-25-18-24-13(14-8-5-9-29-14)10-15(19(20,21)22)27(18)26-16/h3-10H,2H2,1H3,(H,23,28). The SMILES string of the molecule is CCc1ccccc1NC(=O)c1nc2nc(-c3cccs3)cc(C(F)(F)F)n2n1. The van der Waals surface area contributed by atoms with Crippen LogP contribution >= 0.6 is 11.3 Å². The number of alkyl halides is 3. The number of anilines is 1. The van der Waals surface area contributed by atoms with Crippen LogP contribution in [0.2, 0.25) is 0 Å². The number of hydrogen-bond donors (Lipinski definition) is 1. The van der Waals surface area contributed by atoms with Crippen molar-refractivity contribution in [3.63, 3.8) is 0 Å². The molecule has 1 amide bonds. The summed E-state index contributed by atoms with van der Waals surface area (Å²) in [6.07, 6.45) is -4.01. The maximum absolute atomic E-state index is 13.6. The molecule has 0 bridgehead atoms. The number of amides is 1. The van der Waals surface area contributed by atoms with Crippen LogP contribution in [0.1, 0.15) is 28.8 Å². The summed E-state index contributed by atoms with van der Waals surface area (Å²) in [6, 6.07) is 11.4. The van der Waals surface area contributed by atoms with Crippen LogP contribution in [0, 0.1) is 0 Å². The summed E-state index contributed by atoms with van der Waals surface area (Å²) in [5.41, 5.74) is 0.516. The predicted molar refractivity (Wildman–Crippen MR) is 103 cm³/mol. The fraction of sp³-hybridized carbons (Fsp3) is 0.158. The van der Waals surface area contributed by atoms with Gasteiger partial charge in [-0.15, -0.1) is 16.4 Å². The van der Waals surface area contributed by atoms with Gasteiger partial charge in [0.1, 0.15) is 0 Å². The Balaban J connectivity index is 1.78. The fourth-order valence-electron chi connectivity index (χ4n) is 2.85. The number of rotatable bonds is 4. The molecule has 4 aromatic rings. The molecule has 0 atom stereocenters. The van der Waals surface area contributed by atoms with Crippen LogP contribution in [-0.2, 0) is 12.6 Å². The zero-order valence-corrected chi connectivity index (χ0v) is 15.9. The summed E-state index contributed by atoms with van der Waals surface area (Å²) in [5, 5.41) is 8.16. The molecule has 0 aliphatic heterocycles. The number of aromatic nitrogens is 4. The van der Waals surface area contributed by atoms with Crippen molar-refractivity contribution >= 4 is 28.7 Å². The van der Waals surface area contributed by atoms with Crippen molar-refractivity contribution in [3.05, 3.63) is 64.9 Å². The van der Waals surface area contributed by atoms with Gasteiger partial charge in [0.15, 0.2) is 5.69 Å². The van der Waals surface area contributed by atoms with Crippen molar-refractivity contribution < 1.29 is 18.0 Å². The van der Waals surface area contributed by atoms with E-state index in [1.165, 1.54) is 11.3 Å². The molecule has 0 aliphatic carbocycles. The second kappa shape index (κ2) is 7.28. The first-order valence-electron chi connectivity index (χ1n) is 8.65. The van der Waals surface area contributed by atoms with E-state index < -0.39 is 23.6 Å². The Morgan fingerprint density at radius 3 is 2.66 bits per heavy atom. The molecule has 0 aliphatic rings. The van der Waals surface area contributed by atoms with E-state index >= 15 is 0 Å². The quantitative estimate of drug-likeness (QED) is 0.523. The number of nitrogens with zero attached hydrogens (tertiary/aromatic N) is 4. The summed E-state index contributed by atoms with van der Waals surface area (Å²) >= 11 is 1.26. The molecule has 6 nitrogen and oxygen atoms in total. The van der Waals surface area contributed by atoms with Gasteiger partial charge in [0, 0.05) is 5.69 Å². The highest BCUT2D eigenvalue weighted by Crippen LogP contribution is 2.33. The number of para-hydroxylation sites is 1. The molecule has 0 radical (unpaired) electrons. The molecular formula is C19H14F3N5OS. The van der Waals surface area contributed by atoms with Gasteiger partial charge in [-0.3, -0.25) is 4.79 Å². The number of hydrogen-bond acceptors (Lipinski definition) is 5. The third-order valence-corrected chi connectivity index (χ3v) is 5.12. The van der Waals surface area contributed by atoms with E-state index in [1.54, 1.807) is 29.6 Å². The molecule has 1 aromatic carbocycles. The topological polar surface area (TPSA) is 72.2 Å². The number of benzene rings is 1. The number of carbonyl (C=O) groups excluding carboxylic acids is 1. The summed E-state index contributed by atoms with van der Waals surface area (Å²) in [7, 11) is 0. The summed E-state index contributed by atoms with van der Waals surface area (Å²) in [5.74, 6) is -1.39. The smallest absolute Gasteiger partial charge is 0.319 e. The van der Waals surface area contributed by atoms with Gasteiger partial charge in [-0.1, -0.05) is 31.2 Å². The lowest BCUT2D eigenvalue weighted by molar-refractivity contribution is -0.142. The van der Waals surface area contributed by atoms with Gasteiger partial charge < -0.3 is 5.32 Å². The van der Waals surface area contributed by atoms with Crippen molar-refractivity contribution in [1.82, 2.24) is 19.6 Å². The van der Waals surface area contributed by atoms with Crippen molar-refractivity contribution in [2.75, 3.05) is 5.32 Å². The normalized spacial score (nSPS) is 11.7. The monoisotopic (exact) mass is 417 g/mol. The van der Waals surface area contributed by atoms with Crippen LogP contribution in [0.25, 0.3) is 16.3 Å². The summed E-state index contributed by atoms with van der Waals surface area (Å²) < 4.78 is 41.3. The molecule has 1 N–H and O–H groups in total. The van der Waals surface area contributed by atoms with E-state index in [0.717, 1.165) is 11.6 Å². The Bertz CT molecular complexity index is 1180. The van der Waals surface area contributed by atoms with Crippen molar-refractivity contribution in [1.29, 1.82) is 0 Å². The first kappa shape index (κ1) is 19.1. The van der Waals surface area contributed by atoms with Crippen LogP contribution < -0.4 is 5.32 Å². The molecule has 148 valence electrons. The Hall–Kier alpha value is -3.27. The summed E-state index contributed by atoms with van der Waals surface area (Å²) in [6.45, 7) is 1.93. The van der Waals surface area contributed by atoms with Crippen LogP contribution in [0.5, 0.6) is 0 Å². The van der Waals surface area contributed by atoms with Gasteiger partial charge in [0.05, 0.1) is 10.6 Å². The Labute approximate surface area is 167 Å². The van der Waals surface area contributed by atoms with E-state index in [9.17, 15) is 18.0 Å². The van der Waals surface area contributed by atoms with Crippen molar-refractivity contribution in [3.8, 4) is 10.6 Å². The molecule has 0 spiro atoms. The lowest BCUT2D eigenvalue weighted by atomic mass is 10.1. The van der Waals surface area contributed by atoms with Crippen molar-refractivity contribution in [2.24, 2.45) is 0 Å². The van der Waals surface area contributed by atoms with Crippen LogP contribution in [-0.4, -0.2) is 25.5 Å². The van der Waals surface area contributed by atoms with Crippen LogP contribution in [0.4, 0.5) is 18.9 Å². The average molecular weight is 417 g/mol. The van der Waals surface area contributed by atoms with E-state index in [-0.39, 0.29) is 11.5 Å². The van der Waals surface area contributed by atoms with Gasteiger partial charge in [0.2, 0.25) is 5.82 Å². The molecule has 3 aromatic heterocycles. The summed E-state index contributed by atoms with van der Waals surface area (Å²) in [4.78, 5) is 21.2. The van der Waals surface area contributed by atoms with Gasteiger partial charge >= 0.3 is 6.18 Å². The van der Waals surface area contributed by atoms with Crippen LogP contribution in [0.15, 0.2) is 47.8 Å². The fourth-order valence-corrected chi connectivity index (χ4v) is 3.53. The number of halogens is 3. The maximum atomic E-state index is 13.6. The lowest BCUT2D eigenvalue weighted by Crippen LogP contribution is -2.16. The minimum absolute atomic E-state index is 0.121. The first-order chi connectivity index (χ1) is 13.9. The van der Waals surface area contributed by atoms with Crippen LogP contribution in [0.3, 0.4) is 0 Å². The predicted octanol–water partition coefficient (Wildman–Crippen LogP) is 4.69. The number of carbonyl (C=O) groups is 1. The second-order valence-corrected chi connectivity index (χ2v) is 7.06. The highest BCUT2D eigenvalue weighted by Gasteiger charge is 2.36. The minimum atomic E-state index is -4.69. The third kappa shape index (κ3) is 3.70. The Kier molecular flexibility index (Phi) is 4.79. The molecule has 0 saturated heterocycles. The highest BCUT2D eigenvalue weighted by atomic mass is 32.1. The van der Waals surface area contributed by atoms with E-state index in [4.69, 9.17) is 0 Å². The number of nitrogens with one attached hydrogen (secondary N) is 1. The number of aryl methyl sites for hydroxylation is 1. The van der Waals surface area contributed by atoms with E-state index in [2.05, 4.69) is 20.4 Å².